The Morgan fingerprint density at radius 1 is 2.00 bits per heavy atom. The Hall–Kier alpha value is -0.660. The van der Waals surface area contributed by atoms with Gasteiger partial charge in [0.1, 0.15) is 0 Å². The Bertz CT molecular complexity index is 67.3. The van der Waals surface area contributed by atoms with Gasteiger partial charge in [0, 0.05) is 0 Å². The minimum atomic E-state index is 0.880. The first-order valence-electron chi connectivity index (χ1n) is 1.44. The smallest absolute Gasteiger partial charge is 0.207 e. The van der Waals surface area contributed by atoms with E-state index in [-0.39, 0.29) is 0 Å². The lowest BCUT2D eigenvalue weighted by Crippen LogP contribution is -1.77. The second-order valence-electron chi connectivity index (χ2n) is 0.857. The van der Waals surface area contributed by atoms with Gasteiger partial charge in [0.25, 0.3) is 0 Å². The fraction of sp³-hybridized carbons (Fsp3) is 0.333. The van der Waals surface area contributed by atoms with Crippen LogP contribution in [0.4, 0.5) is 0 Å². The van der Waals surface area contributed by atoms with E-state index in [2.05, 4.69) is 10.1 Å². The molecule has 0 saturated carbocycles. The number of hydrogen-bond donors (Lipinski definition) is 1. The topological polar surface area (TPSA) is 31.2 Å². The Kier molecular flexibility index (Phi) is 0.330. The molecule has 0 bridgehead atoms. The van der Waals surface area contributed by atoms with Gasteiger partial charge in [-0.05, 0) is 0 Å². The number of ether oxygens (including phenoxy) is 1. The molecule has 0 aromatic carbocycles. The van der Waals surface area contributed by atoms with Crippen LogP contribution in [-0.2, 0) is 4.74 Å². The molecule has 0 spiro atoms. The lowest BCUT2D eigenvalue weighted by atomic mass is 11.1. The van der Waals surface area contributed by atoms with E-state index in [0.717, 1.165) is 5.88 Å². The van der Waals surface area contributed by atoms with Crippen LogP contribution in [0.15, 0.2) is 12.1 Å². The molecule has 0 unspecified atom stereocenters. The van der Waals surface area contributed by atoms with E-state index in [1.165, 1.54) is 0 Å². The molecule has 2 heteroatoms. The second kappa shape index (κ2) is 0.641. The first-order valence-corrected chi connectivity index (χ1v) is 1.44. The van der Waals surface area contributed by atoms with Gasteiger partial charge in [-0.1, -0.05) is 0 Å². The molecule has 1 aliphatic heterocycles. The van der Waals surface area contributed by atoms with Crippen LogP contribution in [0.2, 0.25) is 0 Å². The van der Waals surface area contributed by atoms with Crippen LogP contribution in [0.25, 0.3) is 0 Å². The van der Waals surface area contributed by atoms with Gasteiger partial charge in [-0.3, -0.25) is 0 Å². The summed E-state index contributed by atoms with van der Waals surface area (Å²) in [6, 6.07) is 0. The number of nitrogens with one attached hydrogen (secondary N) is 1. The molecule has 1 heterocycles. The van der Waals surface area contributed by atoms with E-state index >= 15 is 0 Å². The van der Waals surface area contributed by atoms with Gasteiger partial charge in [-0.25, -0.2) is 0 Å². The third kappa shape index (κ3) is 0.318. The van der Waals surface area contributed by atoms with E-state index in [1.54, 1.807) is 13.3 Å². The van der Waals surface area contributed by atoms with Crippen molar-refractivity contribution in [2.24, 2.45) is 0 Å². The van der Waals surface area contributed by atoms with Crippen LogP contribution in [0.3, 0.4) is 0 Å². The van der Waals surface area contributed by atoms with E-state index in [1.807, 2.05) is 0 Å². The summed E-state index contributed by atoms with van der Waals surface area (Å²) in [4.78, 5) is 0. The van der Waals surface area contributed by atoms with E-state index in [4.69, 9.17) is 0 Å². The summed E-state index contributed by atoms with van der Waals surface area (Å²) < 4.78 is 4.61. The van der Waals surface area contributed by atoms with Gasteiger partial charge >= 0.3 is 0 Å². The monoisotopic (exact) mass is 71.0 g/mol. The summed E-state index contributed by atoms with van der Waals surface area (Å²) in [5.41, 5.74) is 0. The fourth-order valence-electron chi connectivity index (χ4n) is 0.147. The molecule has 28 valence electrons. The van der Waals surface area contributed by atoms with Crippen molar-refractivity contribution in [3.8, 4) is 0 Å². The Morgan fingerprint density at radius 2 is 2.60 bits per heavy atom. The minimum absolute atomic E-state index is 0.880. The summed E-state index contributed by atoms with van der Waals surface area (Å²) in [5, 5.41) is 2.75. The Labute approximate surface area is 30.4 Å². The third-order valence-corrected chi connectivity index (χ3v) is 0.482. The van der Waals surface area contributed by atoms with Gasteiger partial charge in [-0.2, -0.15) is 0 Å². The molecule has 0 amide bonds. The lowest BCUT2D eigenvalue weighted by molar-refractivity contribution is 0.302. The average Bonchev–Trinajstić information content (AvgIpc) is 2.12. The molecule has 1 aliphatic rings. The van der Waals surface area contributed by atoms with Crippen LogP contribution in [0.1, 0.15) is 0 Å². The molecule has 5 heavy (non-hydrogen) atoms. The molecule has 0 saturated heterocycles. The predicted octanol–water partition coefficient (Wildman–Crippen LogP) is 0.0349. The average molecular weight is 71.1 g/mol. The Morgan fingerprint density at radius 3 is 2.60 bits per heavy atom. The first kappa shape index (κ1) is 2.57. The van der Waals surface area contributed by atoms with Crippen LogP contribution in [0.5, 0.6) is 0 Å². The quantitative estimate of drug-likeness (QED) is 0.473. The molecule has 0 aromatic rings. The molecule has 0 radical (unpaired) electrons. The maximum Gasteiger partial charge on any atom is 0.207 e. The van der Waals surface area contributed by atoms with Crippen LogP contribution < -0.4 is 5.32 Å². The van der Waals surface area contributed by atoms with Gasteiger partial charge in [-0.15, -0.1) is 0 Å². The normalized spacial score (nSPS) is 15.8. The van der Waals surface area contributed by atoms with E-state index in [9.17, 15) is 0 Å². The number of hydrogen-bond acceptors (Lipinski definition) is 2. The van der Waals surface area contributed by atoms with Crippen molar-refractivity contribution in [2.75, 3.05) is 7.11 Å². The van der Waals surface area contributed by atoms with E-state index < -0.39 is 0 Å². The summed E-state index contributed by atoms with van der Waals surface area (Å²) in [6.07, 6.45) is 1.79. The molecule has 0 aliphatic carbocycles. The second-order valence-corrected chi connectivity index (χ2v) is 0.857. The fourth-order valence-corrected chi connectivity index (χ4v) is 0.147. The minimum Gasteiger partial charge on any atom is -0.481 e. The third-order valence-electron chi connectivity index (χ3n) is 0.482. The molecular weight excluding hydrogens is 66.0 g/mol. The molecule has 1 N–H and O–H groups in total. The van der Waals surface area contributed by atoms with Gasteiger partial charge in [0.05, 0.1) is 13.3 Å². The van der Waals surface area contributed by atoms with Crippen molar-refractivity contribution in [3.05, 3.63) is 12.1 Å². The SMILES string of the molecule is COC1=CN1. The van der Waals surface area contributed by atoms with Crippen molar-refractivity contribution >= 4 is 0 Å². The van der Waals surface area contributed by atoms with Crippen molar-refractivity contribution in [1.82, 2.24) is 5.32 Å². The van der Waals surface area contributed by atoms with Crippen molar-refractivity contribution in [1.29, 1.82) is 0 Å². The molecule has 0 fully saturated rings. The zero-order valence-corrected chi connectivity index (χ0v) is 2.99. The molecule has 1 rings (SSSR count). The molecular formula is C3H5NO. The van der Waals surface area contributed by atoms with Crippen molar-refractivity contribution < 1.29 is 4.74 Å². The van der Waals surface area contributed by atoms with Crippen LogP contribution >= 0.6 is 0 Å². The standard InChI is InChI=1S/C3H5NO/c1-5-3-2-4-3/h2,4H,1H3. The van der Waals surface area contributed by atoms with Gasteiger partial charge < -0.3 is 10.1 Å². The highest BCUT2D eigenvalue weighted by Gasteiger charge is 2.00. The highest BCUT2D eigenvalue weighted by molar-refractivity contribution is 5.06. The lowest BCUT2D eigenvalue weighted by Gasteiger charge is -1.78. The van der Waals surface area contributed by atoms with Crippen LogP contribution in [0, 0.1) is 0 Å². The zero-order valence-electron chi connectivity index (χ0n) is 2.99. The molecule has 2 nitrogen and oxygen atoms in total. The maximum atomic E-state index is 4.61. The van der Waals surface area contributed by atoms with Gasteiger partial charge in [0.15, 0.2) is 0 Å². The summed E-state index contributed by atoms with van der Waals surface area (Å²) >= 11 is 0. The predicted molar refractivity (Wildman–Crippen MR) is 18.2 cm³/mol. The largest absolute Gasteiger partial charge is 0.481 e. The van der Waals surface area contributed by atoms with Gasteiger partial charge in [0.2, 0.25) is 5.88 Å². The first-order chi connectivity index (χ1) is 2.43. The summed E-state index contributed by atoms with van der Waals surface area (Å²) in [6.45, 7) is 0. The van der Waals surface area contributed by atoms with E-state index in [0.29, 0.717) is 0 Å². The number of methoxy groups -OCH3 is 1. The molecule has 0 aromatic heterocycles. The summed E-state index contributed by atoms with van der Waals surface area (Å²) in [7, 11) is 1.63. The number of rotatable bonds is 1. The van der Waals surface area contributed by atoms with Crippen molar-refractivity contribution in [3.63, 3.8) is 0 Å². The van der Waals surface area contributed by atoms with Crippen LogP contribution in [-0.4, -0.2) is 7.11 Å². The summed E-state index contributed by atoms with van der Waals surface area (Å²) in [5.74, 6) is 0.880. The zero-order chi connectivity index (χ0) is 3.70. The highest BCUT2D eigenvalue weighted by Crippen LogP contribution is 1.97. The highest BCUT2D eigenvalue weighted by atomic mass is 16.5. The molecule has 0 atom stereocenters. The Balaban J connectivity index is 2.22. The van der Waals surface area contributed by atoms with Crippen molar-refractivity contribution in [2.45, 2.75) is 0 Å². The maximum absolute atomic E-state index is 4.61.